The third-order valence-electron chi connectivity index (χ3n) is 3.17. The van der Waals surface area contributed by atoms with Crippen LogP contribution in [0.5, 0.6) is 0 Å². The first-order valence-corrected chi connectivity index (χ1v) is 7.27. The highest BCUT2D eigenvalue weighted by Crippen LogP contribution is 2.11. The second kappa shape index (κ2) is 6.87. The number of piperidine rings is 1. The smallest absolute Gasteiger partial charge is 0.230 e. The molecule has 3 nitrogen and oxygen atoms in total. The first-order valence-electron chi connectivity index (χ1n) is 6.48. The minimum Gasteiger partial charge on any atom is -0.349 e. The molecule has 1 heterocycles. The van der Waals surface area contributed by atoms with Crippen molar-refractivity contribution >= 4 is 34.8 Å². The maximum absolute atomic E-state index is 11.9. The molecular weight excluding hydrogens is 280 g/mol. The van der Waals surface area contributed by atoms with Gasteiger partial charge < -0.3 is 10.2 Å². The average molecular weight is 297 g/mol. The van der Waals surface area contributed by atoms with E-state index in [1.807, 2.05) is 12.1 Å². The standard InChI is InChI=1S/C14H17ClN2OS/c15-12-6-4-11(5-7-12)10-13(18)16-14(19)17-8-2-1-3-9-17/h4-7H,1-3,8-10H2,(H,16,18,19). The Morgan fingerprint density at radius 2 is 1.84 bits per heavy atom. The largest absolute Gasteiger partial charge is 0.349 e. The van der Waals surface area contributed by atoms with Crippen LogP contribution in [-0.4, -0.2) is 29.0 Å². The molecule has 0 aliphatic carbocycles. The van der Waals surface area contributed by atoms with Crippen LogP contribution in [0.4, 0.5) is 0 Å². The summed E-state index contributed by atoms with van der Waals surface area (Å²) in [6.07, 6.45) is 3.86. The molecule has 1 aromatic rings. The first kappa shape index (κ1) is 14.3. The van der Waals surface area contributed by atoms with Crippen LogP contribution in [0.2, 0.25) is 5.02 Å². The molecule has 1 aromatic carbocycles. The first-order chi connectivity index (χ1) is 9.15. The molecule has 0 atom stereocenters. The fraction of sp³-hybridized carbons (Fsp3) is 0.429. The number of nitrogens with zero attached hydrogens (tertiary/aromatic N) is 1. The predicted octanol–water partition coefficient (Wildman–Crippen LogP) is 2.77. The van der Waals surface area contributed by atoms with Crippen molar-refractivity contribution in [3.05, 3.63) is 34.9 Å². The summed E-state index contributed by atoms with van der Waals surface area (Å²) in [7, 11) is 0. The number of carbonyl (C=O) groups excluding carboxylic acids is 1. The van der Waals surface area contributed by atoms with Gasteiger partial charge in [0, 0.05) is 18.1 Å². The number of rotatable bonds is 2. The third-order valence-corrected chi connectivity index (χ3v) is 3.78. The van der Waals surface area contributed by atoms with Crippen LogP contribution in [0.1, 0.15) is 24.8 Å². The van der Waals surface area contributed by atoms with Gasteiger partial charge >= 0.3 is 0 Å². The van der Waals surface area contributed by atoms with Crippen LogP contribution in [0.25, 0.3) is 0 Å². The Labute approximate surface area is 123 Å². The zero-order valence-electron chi connectivity index (χ0n) is 10.7. The lowest BCUT2D eigenvalue weighted by Crippen LogP contribution is -2.45. The van der Waals surface area contributed by atoms with E-state index in [0.717, 1.165) is 31.5 Å². The van der Waals surface area contributed by atoms with E-state index >= 15 is 0 Å². The van der Waals surface area contributed by atoms with Crippen molar-refractivity contribution in [3.8, 4) is 0 Å². The second-order valence-corrected chi connectivity index (χ2v) is 5.53. The average Bonchev–Trinajstić information content (AvgIpc) is 2.42. The minimum absolute atomic E-state index is 0.0714. The van der Waals surface area contributed by atoms with Gasteiger partial charge in [-0.25, -0.2) is 0 Å². The Morgan fingerprint density at radius 1 is 1.21 bits per heavy atom. The zero-order valence-corrected chi connectivity index (χ0v) is 12.3. The fourth-order valence-corrected chi connectivity index (χ4v) is 2.55. The van der Waals surface area contributed by atoms with E-state index in [9.17, 15) is 4.79 Å². The number of likely N-dealkylation sites (tertiary alicyclic amines) is 1. The SMILES string of the molecule is O=C(Cc1ccc(Cl)cc1)NC(=S)N1CCCCC1. The molecule has 0 saturated carbocycles. The third kappa shape index (κ3) is 4.48. The van der Waals surface area contributed by atoms with Crippen LogP contribution >= 0.6 is 23.8 Å². The summed E-state index contributed by atoms with van der Waals surface area (Å²) in [5.41, 5.74) is 0.934. The summed E-state index contributed by atoms with van der Waals surface area (Å²) in [4.78, 5) is 14.0. The number of benzene rings is 1. The summed E-state index contributed by atoms with van der Waals surface area (Å²) in [6.45, 7) is 1.89. The lowest BCUT2D eigenvalue weighted by Gasteiger charge is -2.28. The van der Waals surface area contributed by atoms with Crippen LogP contribution in [0, 0.1) is 0 Å². The topological polar surface area (TPSA) is 32.3 Å². The van der Waals surface area contributed by atoms with Crippen molar-refractivity contribution in [2.24, 2.45) is 0 Å². The molecule has 1 aliphatic heterocycles. The van der Waals surface area contributed by atoms with Gasteiger partial charge in [0.25, 0.3) is 0 Å². The maximum atomic E-state index is 11.9. The molecule has 2 rings (SSSR count). The molecule has 5 heteroatoms. The van der Waals surface area contributed by atoms with Gasteiger partial charge in [-0.3, -0.25) is 4.79 Å². The summed E-state index contributed by atoms with van der Waals surface area (Å²) in [6, 6.07) is 7.28. The highest BCUT2D eigenvalue weighted by molar-refractivity contribution is 7.80. The molecule has 1 fully saturated rings. The van der Waals surface area contributed by atoms with Gasteiger partial charge in [0.15, 0.2) is 5.11 Å². The number of nitrogens with one attached hydrogen (secondary N) is 1. The molecule has 0 radical (unpaired) electrons. The Hall–Kier alpha value is -1.13. The van der Waals surface area contributed by atoms with Crippen molar-refractivity contribution in [1.29, 1.82) is 0 Å². The number of thiocarbonyl (C=S) groups is 1. The molecule has 0 aromatic heterocycles. The van der Waals surface area contributed by atoms with Crippen LogP contribution in [-0.2, 0) is 11.2 Å². The number of hydrogen-bond acceptors (Lipinski definition) is 2. The van der Waals surface area contributed by atoms with Crippen molar-refractivity contribution in [1.82, 2.24) is 10.2 Å². The fourth-order valence-electron chi connectivity index (χ4n) is 2.13. The normalized spacial score (nSPS) is 15.1. The monoisotopic (exact) mass is 296 g/mol. The highest BCUT2D eigenvalue weighted by Gasteiger charge is 2.15. The lowest BCUT2D eigenvalue weighted by molar-refractivity contribution is -0.119. The van der Waals surface area contributed by atoms with E-state index in [2.05, 4.69) is 10.2 Å². The van der Waals surface area contributed by atoms with Crippen molar-refractivity contribution in [2.45, 2.75) is 25.7 Å². The molecule has 0 spiro atoms. The number of carbonyl (C=O) groups is 1. The number of halogens is 1. The predicted molar refractivity (Wildman–Crippen MR) is 81.3 cm³/mol. The molecular formula is C14H17ClN2OS. The number of hydrogen-bond donors (Lipinski definition) is 1. The summed E-state index contributed by atoms with van der Waals surface area (Å²) >= 11 is 11.1. The minimum atomic E-state index is -0.0714. The molecule has 1 N–H and O–H groups in total. The molecule has 0 unspecified atom stereocenters. The Morgan fingerprint density at radius 3 is 2.47 bits per heavy atom. The van der Waals surface area contributed by atoms with Gasteiger partial charge in [-0.1, -0.05) is 23.7 Å². The van der Waals surface area contributed by atoms with Crippen molar-refractivity contribution in [3.63, 3.8) is 0 Å². The quantitative estimate of drug-likeness (QED) is 0.852. The molecule has 102 valence electrons. The second-order valence-electron chi connectivity index (χ2n) is 4.70. The van der Waals surface area contributed by atoms with Crippen molar-refractivity contribution in [2.75, 3.05) is 13.1 Å². The van der Waals surface area contributed by atoms with E-state index in [1.165, 1.54) is 6.42 Å². The Balaban J connectivity index is 1.83. The molecule has 1 aliphatic rings. The van der Waals surface area contributed by atoms with Gasteiger partial charge in [-0.15, -0.1) is 0 Å². The number of amides is 1. The van der Waals surface area contributed by atoms with Gasteiger partial charge in [0.2, 0.25) is 5.91 Å². The van der Waals surface area contributed by atoms with Gasteiger partial charge in [-0.05, 0) is 49.2 Å². The van der Waals surface area contributed by atoms with Crippen LogP contribution < -0.4 is 5.32 Å². The highest BCUT2D eigenvalue weighted by atomic mass is 35.5. The molecule has 1 saturated heterocycles. The van der Waals surface area contributed by atoms with E-state index in [-0.39, 0.29) is 5.91 Å². The Kier molecular flexibility index (Phi) is 5.16. The molecule has 1 amide bonds. The van der Waals surface area contributed by atoms with E-state index in [4.69, 9.17) is 23.8 Å². The van der Waals surface area contributed by atoms with Crippen LogP contribution in [0.3, 0.4) is 0 Å². The van der Waals surface area contributed by atoms with E-state index in [1.54, 1.807) is 12.1 Å². The Bertz CT molecular complexity index is 455. The molecule has 0 bridgehead atoms. The molecule has 19 heavy (non-hydrogen) atoms. The summed E-state index contributed by atoms with van der Waals surface area (Å²) in [5, 5.41) is 4.03. The summed E-state index contributed by atoms with van der Waals surface area (Å²) in [5.74, 6) is -0.0714. The summed E-state index contributed by atoms with van der Waals surface area (Å²) < 4.78 is 0. The van der Waals surface area contributed by atoms with Gasteiger partial charge in [-0.2, -0.15) is 0 Å². The maximum Gasteiger partial charge on any atom is 0.230 e. The van der Waals surface area contributed by atoms with Gasteiger partial charge in [0.05, 0.1) is 6.42 Å². The van der Waals surface area contributed by atoms with Gasteiger partial charge in [0.1, 0.15) is 0 Å². The van der Waals surface area contributed by atoms with Crippen LogP contribution in [0.15, 0.2) is 24.3 Å². The van der Waals surface area contributed by atoms with E-state index in [0.29, 0.717) is 16.6 Å². The zero-order chi connectivity index (χ0) is 13.7. The van der Waals surface area contributed by atoms with Crippen molar-refractivity contribution < 1.29 is 4.79 Å². The lowest BCUT2D eigenvalue weighted by atomic mass is 10.1. The van der Waals surface area contributed by atoms with E-state index < -0.39 is 0 Å².